The summed E-state index contributed by atoms with van der Waals surface area (Å²) in [7, 11) is 0. The Morgan fingerprint density at radius 2 is 1.83 bits per heavy atom. The lowest BCUT2D eigenvalue weighted by atomic mass is 9.70. The first-order valence-corrected chi connectivity index (χ1v) is 16.5. The number of alkyl halides is 1. The van der Waals surface area contributed by atoms with Crippen LogP contribution in [0.15, 0.2) is 86.0 Å². The van der Waals surface area contributed by atoms with Gasteiger partial charge in [0.1, 0.15) is 17.7 Å². The van der Waals surface area contributed by atoms with Gasteiger partial charge < -0.3 is 29.7 Å². The number of carbonyl (C=O) groups excluding carboxylic acids is 4. The maximum atomic E-state index is 14.4. The molecule has 0 saturated carbocycles. The van der Waals surface area contributed by atoms with Crippen LogP contribution in [0, 0.1) is 11.8 Å². The van der Waals surface area contributed by atoms with Crippen LogP contribution in [0.1, 0.15) is 36.5 Å². The highest BCUT2D eigenvalue weighted by Gasteiger charge is 2.77. The molecular weight excluding hydrogens is 654 g/mol. The molecule has 0 aromatic heterocycles. The van der Waals surface area contributed by atoms with Crippen LogP contribution >= 0.6 is 15.9 Å². The van der Waals surface area contributed by atoms with Crippen LogP contribution in [0.3, 0.4) is 0 Å². The Kier molecular flexibility index (Phi) is 10.8. The number of ether oxygens (including phenoxy) is 2. The van der Waals surface area contributed by atoms with Crippen LogP contribution in [0.5, 0.6) is 0 Å². The van der Waals surface area contributed by atoms with Crippen molar-refractivity contribution in [3.8, 4) is 0 Å². The van der Waals surface area contributed by atoms with Crippen LogP contribution in [0.2, 0.25) is 0 Å². The third-order valence-electron chi connectivity index (χ3n) is 9.00. The van der Waals surface area contributed by atoms with Gasteiger partial charge in [0.25, 0.3) is 0 Å². The van der Waals surface area contributed by atoms with E-state index in [0.29, 0.717) is 18.4 Å². The standard InChI is InChI=1S/C35H40BrN3O7/c1-3-5-16-27(41)37-21-26(24-14-10-7-11-15-24)45-34(44)28-29-32(42)39(18-19-40)31(35(29)20-25(36)30(28)46-35)33(43)38(17-4-2)22-23-12-8-6-9-13-23/h3-4,6-15,25-26,28-31,40H,1-2,5,16-22H2,(H,37,41)/t25?,26-,28-,29+,30-,31-,35+/m1/s1. The summed E-state index contributed by atoms with van der Waals surface area (Å²) < 4.78 is 12.7. The largest absolute Gasteiger partial charge is 0.455 e. The highest BCUT2D eigenvalue weighted by Crippen LogP contribution is 2.60. The van der Waals surface area contributed by atoms with Gasteiger partial charge in [-0.05, 0) is 24.0 Å². The summed E-state index contributed by atoms with van der Waals surface area (Å²) in [5.74, 6) is -3.61. The van der Waals surface area contributed by atoms with Gasteiger partial charge in [-0.15, -0.1) is 13.2 Å². The Balaban J connectivity index is 1.44. The average molecular weight is 695 g/mol. The number of nitrogens with one attached hydrogen (secondary N) is 1. The lowest BCUT2D eigenvalue weighted by Crippen LogP contribution is -2.56. The molecule has 3 fully saturated rings. The zero-order chi connectivity index (χ0) is 32.8. The molecule has 1 unspecified atom stereocenters. The number of aliphatic hydroxyl groups excluding tert-OH is 1. The third-order valence-corrected chi connectivity index (χ3v) is 9.85. The zero-order valence-electron chi connectivity index (χ0n) is 25.6. The summed E-state index contributed by atoms with van der Waals surface area (Å²) in [6, 6.07) is 17.5. The highest BCUT2D eigenvalue weighted by molar-refractivity contribution is 9.09. The van der Waals surface area contributed by atoms with Gasteiger partial charge in [-0.2, -0.15) is 0 Å². The third kappa shape index (κ3) is 6.54. The maximum Gasteiger partial charge on any atom is 0.313 e. The molecule has 0 radical (unpaired) electrons. The molecule has 3 amide bonds. The second-order valence-electron chi connectivity index (χ2n) is 11.9. The van der Waals surface area contributed by atoms with E-state index in [1.165, 1.54) is 4.90 Å². The first-order chi connectivity index (χ1) is 22.2. The highest BCUT2D eigenvalue weighted by atomic mass is 79.9. The van der Waals surface area contributed by atoms with Crippen LogP contribution in [-0.4, -0.2) is 87.4 Å². The van der Waals surface area contributed by atoms with Crippen molar-refractivity contribution < 1.29 is 33.8 Å². The van der Waals surface area contributed by atoms with Crippen molar-refractivity contribution in [2.45, 2.75) is 54.5 Å². The molecular formula is C35H40BrN3O7. The fourth-order valence-electron chi connectivity index (χ4n) is 7.03. The zero-order valence-corrected chi connectivity index (χ0v) is 27.2. The number of esters is 1. The molecule has 2 aromatic carbocycles. The summed E-state index contributed by atoms with van der Waals surface area (Å²) in [5.41, 5.74) is 0.288. The molecule has 0 aliphatic carbocycles. The fourth-order valence-corrected chi connectivity index (χ4v) is 7.98. The second kappa shape index (κ2) is 14.7. The van der Waals surface area contributed by atoms with Crippen LogP contribution in [0.4, 0.5) is 0 Å². The Labute approximate surface area is 277 Å². The Bertz CT molecular complexity index is 1440. The minimum Gasteiger partial charge on any atom is -0.455 e. The first-order valence-electron chi connectivity index (χ1n) is 15.6. The van der Waals surface area contributed by atoms with E-state index in [-0.39, 0.29) is 55.8 Å². The predicted molar refractivity (Wildman–Crippen MR) is 174 cm³/mol. The van der Waals surface area contributed by atoms with E-state index in [1.54, 1.807) is 29.2 Å². The lowest BCUT2D eigenvalue weighted by Gasteiger charge is -2.37. The number of hydrogen-bond acceptors (Lipinski definition) is 7. The number of amides is 3. The van der Waals surface area contributed by atoms with Crippen LogP contribution in [-0.2, 0) is 35.2 Å². The minimum absolute atomic E-state index is 0.0409. The summed E-state index contributed by atoms with van der Waals surface area (Å²) in [6.45, 7) is 7.58. The molecule has 3 aliphatic rings. The topological polar surface area (TPSA) is 125 Å². The molecule has 3 saturated heterocycles. The number of halogens is 1. The van der Waals surface area contributed by atoms with Gasteiger partial charge in [-0.1, -0.05) is 88.7 Å². The van der Waals surface area contributed by atoms with E-state index in [9.17, 15) is 24.3 Å². The molecule has 2 N–H and O–H groups in total. The smallest absolute Gasteiger partial charge is 0.313 e. The molecule has 2 bridgehead atoms. The monoisotopic (exact) mass is 693 g/mol. The SMILES string of the molecule is C=CCCC(=O)NC[C@@H](OC(=O)[C@H]1[C@@H]2O[C@@]3(CC2Br)[C@@H]1C(=O)N(CCO)[C@@H]3C(=O)N(CC=C)Cc1ccccc1)c1ccccc1. The van der Waals surface area contributed by atoms with Crippen molar-refractivity contribution in [3.05, 3.63) is 97.1 Å². The number of nitrogens with zero attached hydrogens (tertiary/aromatic N) is 2. The molecule has 3 aliphatic heterocycles. The predicted octanol–water partition coefficient (Wildman–Crippen LogP) is 3.31. The van der Waals surface area contributed by atoms with E-state index < -0.39 is 47.6 Å². The summed E-state index contributed by atoms with van der Waals surface area (Å²) in [6.07, 6.45) is 2.85. The normalized spacial score (nSPS) is 26.7. The van der Waals surface area contributed by atoms with Gasteiger partial charge in [0, 0.05) is 30.9 Å². The van der Waals surface area contributed by atoms with Crippen molar-refractivity contribution in [1.29, 1.82) is 0 Å². The summed E-state index contributed by atoms with van der Waals surface area (Å²) in [5, 5.41) is 12.8. The Hall–Kier alpha value is -3.80. The Morgan fingerprint density at radius 3 is 2.48 bits per heavy atom. The van der Waals surface area contributed by atoms with E-state index in [1.807, 2.05) is 48.5 Å². The molecule has 7 atom stereocenters. The van der Waals surface area contributed by atoms with E-state index in [0.717, 1.165) is 5.56 Å². The van der Waals surface area contributed by atoms with Crippen molar-refractivity contribution in [3.63, 3.8) is 0 Å². The van der Waals surface area contributed by atoms with Crippen LogP contribution in [0.25, 0.3) is 0 Å². The van der Waals surface area contributed by atoms with Crippen molar-refractivity contribution >= 4 is 39.6 Å². The number of carbonyl (C=O) groups is 4. The number of β-amino-alcohol motifs (C(OH)–C–C–N with tert-alkyl or cyclic N) is 1. The summed E-state index contributed by atoms with van der Waals surface area (Å²) >= 11 is 3.68. The van der Waals surface area contributed by atoms with E-state index >= 15 is 0 Å². The van der Waals surface area contributed by atoms with Crippen LogP contribution < -0.4 is 5.32 Å². The van der Waals surface area contributed by atoms with Crippen molar-refractivity contribution in [2.75, 3.05) is 26.2 Å². The second-order valence-corrected chi connectivity index (χ2v) is 13.1. The molecule has 3 heterocycles. The van der Waals surface area contributed by atoms with Gasteiger partial charge in [0.2, 0.25) is 17.7 Å². The van der Waals surface area contributed by atoms with Gasteiger partial charge in [0.15, 0.2) is 0 Å². The first kappa shape index (κ1) is 33.6. The number of fused-ring (bicyclic) bond motifs is 1. The number of hydrogen-bond donors (Lipinski definition) is 2. The number of aliphatic hydroxyl groups is 1. The molecule has 10 nitrogen and oxygen atoms in total. The number of likely N-dealkylation sites (tertiary alicyclic amines) is 1. The average Bonchev–Trinajstić information content (AvgIpc) is 3.65. The number of benzene rings is 2. The van der Waals surface area contributed by atoms with Gasteiger partial charge in [-0.3, -0.25) is 19.2 Å². The molecule has 5 rings (SSSR count). The quantitative estimate of drug-likeness (QED) is 0.167. The van der Waals surface area contributed by atoms with E-state index in [2.05, 4.69) is 34.4 Å². The van der Waals surface area contributed by atoms with Gasteiger partial charge in [-0.25, -0.2) is 0 Å². The molecule has 244 valence electrons. The van der Waals surface area contributed by atoms with Crippen molar-refractivity contribution in [2.24, 2.45) is 11.8 Å². The van der Waals surface area contributed by atoms with Gasteiger partial charge in [0.05, 0.1) is 31.1 Å². The van der Waals surface area contributed by atoms with Gasteiger partial charge >= 0.3 is 5.97 Å². The van der Waals surface area contributed by atoms with Crippen molar-refractivity contribution in [1.82, 2.24) is 15.1 Å². The Morgan fingerprint density at radius 1 is 1.13 bits per heavy atom. The number of allylic oxidation sites excluding steroid dienone is 1. The molecule has 1 spiro atoms. The lowest BCUT2D eigenvalue weighted by molar-refractivity contribution is -0.160. The minimum atomic E-state index is -1.30. The van der Waals surface area contributed by atoms with E-state index in [4.69, 9.17) is 9.47 Å². The maximum absolute atomic E-state index is 14.4. The summed E-state index contributed by atoms with van der Waals surface area (Å²) in [4.78, 5) is 57.7. The molecule has 11 heteroatoms. The molecule has 2 aromatic rings. The fraction of sp³-hybridized carbons (Fsp3) is 0.429. The molecule has 46 heavy (non-hydrogen) atoms. The number of rotatable bonds is 15.